The molecule has 20 heavy (non-hydrogen) atoms. The van der Waals surface area contributed by atoms with Gasteiger partial charge in [-0.15, -0.1) is 0 Å². The fraction of sp³-hybridized carbons (Fsp3) is 0. The summed E-state index contributed by atoms with van der Waals surface area (Å²) in [6, 6.07) is 10.3. The second-order valence-corrected chi connectivity index (χ2v) is 5.79. The van der Waals surface area contributed by atoms with Gasteiger partial charge in [0.15, 0.2) is 0 Å². The zero-order chi connectivity index (χ0) is 14.8. The van der Waals surface area contributed by atoms with Gasteiger partial charge in [0.25, 0.3) is 0 Å². The molecular formula is C13H10O6S. The Morgan fingerprint density at radius 2 is 1.60 bits per heavy atom. The topological polar surface area (TPSA) is 101 Å². The Balaban J connectivity index is 2.47. The molecule has 0 aromatic heterocycles. The summed E-state index contributed by atoms with van der Waals surface area (Å²) in [5.41, 5.74) is 0. The lowest BCUT2D eigenvalue weighted by Gasteiger charge is -2.06. The number of carboxylic acid groups (broad SMARTS) is 1. The standard InChI is InChI=1S/C13H10O6S/c14-9-3-1-5-11(7-9)20(17,18)12-6-2-4-10(8-12)19-13(15)16/h1-8,14H,(H,15,16). The number of ether oxygens (including phenoxy) is 1. The fourth-order valence-electron chi connectivity index (χ4n) is 1.59. The van der Waals surface area contributed by atoms with Crippen LogP contribution in [-0.2, 0) is 9.84 Å². The van der Waals surface area contributed by atoms with Crippen molar-refractivity contribution in [3.8, 4) is 11.5 Å². The zero-order valence-electron chi connectivity index (χ0n) is 10.1. The highest BCUT2D eigenvalue weighted by Crippen LogP contribution is 2.26. The largest absolute Gasteiger partial charge is 0.511 e. The van der Waals surface area contributed by atoms with Crippen LogP contribution in [0.5, 0.6) is 11.5 Å². The molecule has 104 valence electrons. The highest BCUT2D eigenvalue weighted by molar-refractivity contribution is 7.91. The third-order valence-corrected chi connectivity index (χ3v) is 4.20. The minimum Gasteiger partial charge on any atom is -0.508 e. The van der Waals surface area contributed by atoms with Crippen LogP contribution < -0.4 is 4.74 Å². The molecule has 2 aromatic rings. The minimum atomic E-state index is -3.85. The maximum Gasteiger partial charge on any atom is 0.511 e. The molecule has 0 saturated carbocycles. The Bertz CT molecular complexity index is 751. The average Bonchev–Trinajstić information content (AvgIpc) is 2.38. The molecule has 7 heteroatoms. The van der Waals surface area contributed by atoms with Crippen molar-refractivity contribution < 1.29 is 28.2 Å². The SMILES string of the molecule is O=C(O)Oc1cccc(S(=O)(=O)c2cccc(O)c2)c1. The van der Waals surface area contributed by atoms with Crippen molar-refractivity contribution in [1.82, 2.24) is 0 Å². The molecule has 0 heterocycles. The Hall–Kier alpha value is -2.54. The Kier molecular flexibility index (Phi) is 3.62. The van der Waals surface area contributed by atoms with Crippen LogP contribution >= 0.6 is 0 Å². The molecule has 0 radical (unpaired) electrons. The lowest BCUT2D eigenvalue weighted by atomic mass is 10.3. The van der Waals surface area contributed by atoms with E-state index in [4.69, 9.17) is 5.11 Å². The Labute approximate surface area is 114 Å². The summed E-state index contributed by atoms with van der Waals surface area (Å²) < 4.78 is 29.0. The first-order valence-corrected chi connectivity index (χ1v) is 6.93. The average molecular weight is 294 g/mol. The number of benzene rings is 2. The van der Waals surface area contributed by atoms with Gasteiger partial charge in [-0.05, 0) is 30.3 Å². The first-order valence-electron chi connectivity index (χ1n) is 5.44. The predicted octanol–water partition coefficient (Wildman–Crippen LogP) is 2.28. The van der Waals surface area contributed by atoms with Gasteiger partial charge in [-0.2, -0.15) is 0 Å². The van der Waals surface area contributed by atoms with Gasteiger partial charge < -0.3 is 14.9 Å². The minimum absolute atomic E-state index is 0.0926. The summed E-state index contributed by atoms with van der Waals surface area (Å²) in [5, 5.41) is 17.8. The van der Waals surface area contributed by atoms with Crippen LogP contribution in [-0.4, -0.2) is 24.8 Å². The van der Waals surface area contributed by atoms with E-state index in [9.17, 15) is 18.3 Å². The molecule has 0 unspecified atom stereocenters. The highest BCUT2D eigenvalue weighted by Gasteiger charge is 2.19. The third-order valence-electron chi connectivity index (χ3n) is 2.45. The number of hydrogen-bond donors (Lipinski definition) is 2. The first kappa shape index (κ1) is 13.9. The van der Waals surface area contributed by atoms with E-state index < -0.39 is 16.0 Å². The number of sulfone groups is 1. The van der Waals surface area contributed by atoms with Gasteiger partial charge in [0.05, 0.1) is 9.79 Å². The predicted molar refractivity (Wildman–Crippen MR) is 68.7 cm³/mol. The van der Waals surface area contributed by atoms with Crippen molar-refractivity contribution in [2.24, 2.45) is 0 Å². The second-order valence-electron chi connectivity index (χ2n) is 3.84. The molecule has 0 aliphatic carbocycles. The number of aromatic hydroxyl groups is 1. The van der Waals surface area contributed by atoms with Gasteiger partial charge >= 0.3 is 6.16 Å². The van der Waals surface area contributed by atoms with Gasteiger partial charge in [0.2, 0.25) is 9.84 Å². The molecule has 0 atom stereocenters. The number of hydrogen-bond acceptors (Lipinski definition) is 5. The molecule has 2 N–H and O–H groups in total. The molecule has 0 fully saturated rings. The summed E-state index contributed by atoms with van der Waals surface area (Å²) in [5.74, 6) is -0.275. The van der Waals surface area contributed by atoms with Crippen LogP contribution in [0.1, 0.15) is 0 Å². The Morgan fingerprint density at radius 3 is 2.20 bits per heavy atom. The molecule has 0 amide bonds. The van der Waals surface area contributed by atoms with E-state index in [-0.39, 0.29) is 21.3 Å². The summed E-state index contributed by atoms with van der Waals surface area (Å²) in [7, 11) is -3.85. The van der Waals surface area contributed by atoms with E-state index in [1.165, 1.54) is 36.4 Å². The van der Waals surface area contributed by atoms with Crippen LogP contribution in [0.2, 0.25) is 0 Å². The number of phenols is 1. The second kappa shape index (κ2) is 5.22. The number of rotatable bonds is 3. The van der Waals surface area contributed by atoms with Crippen LogP contribution in [0.4, 0.5) is 4.79 Å². The van der Waals surface area contributed by atoms with E-state index in [0.29, 0.717) is 0 Å². The summed E-state index contributed by atoms with van der Waals surface area (Å²) in [6.07, 6.45) is -1.53. The van der Waals surface area contributed by atoms with E-state index >= 15 is 0 Å². The van der Waals surface area contributed by atoms with Crippen molar-refractivity contribution in [3.63, 3.8) is 0 Å². The normalized spacial score (nSPS) is 11.0. The monoisotopic (exact) mass is 294 g/mol. The van der Waals surface area contributed by atoms with Gasteiger partial charge in [-0.25, -0.2) is 13.2 Å². The molecule has 0 saturated heterocycles. The van der Waals surface area contributed by atoms with Crippen LogP contribution in [0.25, 0.3) is 0 Å². The van der Waals surface area contributed by atoms with Gasteiger partial charge in [-0.1, -0.05) is 12.1 Å². The summed E-state index contributed by atoms with van der Waals surface area (Å²) >= 11 is 0. The maximum absolute atomic E-state index is 12.3. The van der Waals surface area contributed by atoms with Crippen molar-refractivity contribution >= 4 is 16.0 Å². The molecule has 6 nitrogen and oxygen atoms in total. The molecule has 2 rings (SSSR count). The van der Waals surface area contributed by atoms with Gasteiger partial charge in [0.1, 0.15) is 11.5 Å². The van der Waals surface area contributed by atoms with Crippen LogP contribution in [0, 0.1) is 0 Å². The summed E-state index contributed by atoms with van der Waals surface area (Å²) in [4.78, 5) is 10.2. The lowest BCUT2D eigenvalue weighted by Crippen LogP contribution is -2.05. The molecule has 0 aliphatic rings. The first-order chi connectivity index (χ1) is 9.39. The smallest absolute Gasteiger partial charge is 0.508 e. The van der Waals surface area contributed by atoms with E-state index in [2.05, 4.69) is 4.74 Å². The quantitative estimate of drug-likeness (QED) is 0.665. The molecule has 0 spiro atoms. The number of carbonyl (C=O) groups is 1. The van der Waals surface area contributed by atoms with Crippen LogP contribution in [0.3, 0.4) is 0 Å². The van der Waals surface area contributed by atoms with Gasteiger partial charge in [-0.3, -0.25) is 0 Å². The van der Waals surface area contributed by atoms with Crippen molar-refractivity contribution in [2.75, 3.05) is 0 Å². The van der Waals surface area contributed by atoms with Gasteiger partial charge in [0, 0.05) is 6.07 Å². The maximum atomic E-state index is 12.3. The zero-order valence-corrected chi connectivity index (χ0v) is 10.9. The third kappa shape index (κ3) is 2.89. The molecular weight excluding hydrogens is 284 g/mol. The number of phenolic OH excluding ortho intramolecular Hbond substituents is 1. The van der Waals surface area contributed by atoms with Crippen molar-refractivity contribution in [1.29, 1.82) is 0 Å². The van der Waals surface area contributed by atoms with E-state index in [1.807, 2.05) is 0 Å². The summed E-state index contributed by atoms with van der Waals surface area (Å²) in [6.45, 7) is 0. The molecule has 2 aromatic carbocycles. The van der Waals surface area contributed by atoms with Crippen LogP contribution in [0.15, 0.2) is 58.3 Å². The highest BCUT2D eigenvalue weighted by atomic mass is 32.2. The lowest BCUT2D eigenvalue weighted by molar-refractivity contribution is 0.144. The molecule has 0 bridgehead atoms. The van der Waals surface area contributed by atoms with E-state index in [0.717, 1.165) is 12.1 Å². The van der Waals surface area contributed by atoms with Crippen molar-refractivity contribution in [2.45, 2.75) is 9.79 Å². The molecule has 0 aliphatic heterocycles. The Morgan fingerprint density at radius 1 is 1.00 bits per heavy atom. The fourth-order valence-corrected chi connectivity index (χ4v) is 2.93. The van der Waals surface area contributed by atoms with Crippen molar-refractivity contribution in [3.05, 3.63) is 48.5 Å². The van der Waals surface area contributed by atoms with E-state index in [1.54, 1.807) is 0 Å².